The number of carbonyl (C=O) groups is 2. The summed E-state index contributed by atoms with van der Waals surface area (Å²) >= 11 is 0. The molecule has 1 rings (SSSR count). The number of hydrogen-bond acceptors (Lipinski definition) is 3. The van der Waals surface area contributed by atoms with E-state index in [1.54, 1.807) is 31.3 Å². The van der Waals surface area contributed by atoms with E-state index in [1.807, 2.05) is 0 Å². The van der Waals surface area contributed by atoms with E-state index < -0.39 is 11.9 Å². The second-order valence-corrected chi connectivity index (χ2v) is 2.99. The molecule has 0 aliphatic heterocycles. The summed E-state index contributed by atoms with van der Waals surface area (Å²) in [5, 5.41) is 13.8. The molecule has 5 nitrogen and oxygen atoms in total. The van der Waals surface area contributed by atoms with E-state index in [0.717, 1.165) is 17.8 Å². The number of amides is 1. The number of rotatable bonds is 4. The van der Waals surface area contributed by atoms with Gasteiger partial charge in [-0.1, -0.05) is 0 Å². The van der Waals surface area contributed by atoms with Crippen molar-refractivity contribution in [2.24, 2.45) is 0 Å². The summed E-state index contributed by atoms with van der Waals surface area (Å²) in [5.74, 6) is -1.62. The van der Waals surface area contributed by atoms with Gasteiger partial charge in [0.2, 0.25) is 5.91 Å². The van der Waals surface area contributed by atoms with Gasteiger partial charge in [0.1, 0.15) is 0 Å². The van der Waals surface area contributed by atoms with Gasteiger partial charge in [-0.3, -0.25) is 4.79 Å². The smallest absolute Gasteiger partial charge is 0.328 e. The molecule has 5 heteroatoms. The van der Waals surface area contributed by atoms with Gasteiger partial charge in [0.25, 0.3) is 0 Å². The predicted octanol–water partition coefficient (Wildman–Crippen LogP) is 1.31. The Labute approximate surface area is 92.8 Å². The Bertz CT molecular complexity index is 410. The molecule has 1 aromatic carbocycles. The van der Waals surface area contributed by atoms with Gasteiger partial charge in [-0.05, 0) is 24.3 Å². The minimum atomic E-state index is -1.15. The molecule has 84 valence electrons. The third-order valence-corrected chi connectivity index (χ3v) is 1.82. The van der Waals surface area contributed by atoms with Crippen LogP contribution in [-0.2, 0) is 9.59 Å². The highest BCUT2D eigenvalue weighted by Gasteiger charge is 1.98. The molecule has 16 heavy (non-hydrogen) atoms. The Hall–Kier alpha value is -2.30. The average molecular weight is 220 g/mol. The lowest BCUT2D eigenvalue weighted by atomic mass is 10.3. The van der Waals surface area contributed by atoms with Crippen LogP contribution in [0.3, 0.4) is 0 Å². The zero-order valence-electron chi connectivity index (χ0n) is 8.73. The first-order chi connectivity index (χ1) is 7.61. The van der Waals surface area contributed by atoms with E-state index in [0.29, 0.717) is 5.69 Å². The minimum absolute atomic E-state index is 0.473. The topological polar surface area (TPSA) is 78.4 Å². The normalized spacial score (nSPS) is 10.1. The van der Waals surface area contributed by atoms with Gasteiger partial charge in [0.05, 0.1) is 0 Å². The maximum absolute atomic E-state index is 11.2. The van der Waals surface area contributed by atoms with Crippen LogP contribution in [0.5, 0.6) is 0 Å². The average Bonchev–Trinajstić information content (AvgIpc) is 2.27. The van der Waals surface area contributed by atoms with E-state index >= 15 is 0 Å². The van der Waals surface area contributed by atoms with Gasteiger partial charge in [-0.2, -0.15) is 0 Å². The fourth-order valence-electron chi connectivity index (χ4n) is 1.05. The third-order valence-electron chi connectivity index (χ3n) is 1.82. The number of benzene rings is 1. The molecule has 0 aliphatic rings. The summed E-state index contributed by atoms with van der Waals surface area (Å²) in [6.45, 7) is 0. The fourth-order valence-corrected chi connectivity index (χ4v) is 1.05. The zero-order valence-corrected chi connectivity index (χ0v) is 8.73. The third kappa shape index (κ3) is 3.83. The molecule has 0 aromatic heterocycles. The summed E-state index contributed by atoms with van der Waals surface area (Å²) in [6, 6.07) is 7.05. The molecule has 0 radical (unpaired) electrons. The molecule has 0 saturated heterocycles. The first kappa shape index (κ1) is 11.8. The molecule has 0 atom stereocenters. The van der Waals surface area contributed by atoms with Gasteiger partial charge in [0.15, 0.2) is 0 Å². The van der Waals surface area contributed by atoms with Crippen molar-refractivity contribution in [3.63, 3.8) is 0 Å². The van der Waals surface area contributed by atoms with Crippen molar-refractivity contribution in [2.45, 2.75) is 0 Å². The van der Waals surface area contributed by atoms with Crippen LogP contribution < -0.4 is 10.6 Å². The van der Waals surface area contributed by atoms with Crippen molar-refractivity contribution in [2.75, 3.05) is 17.7 Å². The highest BCUT2D eigenvalue weighted by molar-refractivity contribution is 6.02. The standard InChI is InChI=1S/C11H12N2O3/c1-12-8-2-4-9(5-3-8)13-10(14)6-7-11(15)16/h2-7,12H,1H3,(H,13,14)(H,15,16)/b7-6-. The highest BCUT2D eigenvalue weighted by atomic mass is 16.4. The largest absolute Gasteiger partial charge is 0.478 e. The Morgan fingerprint density at radius 2 is 1.69 bits per heavy atom. The van der Waals surface area contributed by atoms with Crippen LogP contribution in [0.4, 0.5) is 11.4 Å². The van der Waals surface area contributed by atoms with Crippen LogP contribution in [0.25, 0.3) is 0 Å². The Morgan fingerprint density at radius 3 is 2.19 bits per heavy atom. The number of nitrogens with one attached hydrogen (secondary N) is 2. The molecule has 0 saturated carbocycles. The first-order valence-electron chi connectivity index (χ1n) is 4.61. The van der Waals surface area contributed by atoms with Crippen LogP contribution in [0.2, 0.25) is 0 Å². The second kappa shape index (κ2) is 5.55. The lowest BCUT2D eigenvalue weighted by Crippen LogP contribution is -2.08. The lowest BCUT2D eigenvalue weighted by Gasteiger charge is -2.03. The molecule has 1 aromatic rings. The van der Waals surface area contributed by atoms with Gasteiger partial charge >= 0.3 is 5.97 Å². The van der Waals surface area contributed by atoms with Crippen LogP contribution in [-0.4, -0.2) is 24.0 Å². The van der Waals surface area contributed by atoms with Gasteiger partial charge in [-0.15, -0.1) is 0 Å². The summed E-state index contributed by atoms with van der Waals surface area (Å²) in [6.07, 6.45) is 1.76. The van der Waals surface area contributed by atoms with E-state index in [-0.39, 0.29) is 0 Å². The molecule has 0 spiro atoms. The van der Waals surface area contributed by atoms with Crippen molar-refractivity contribution < 1.29 is 14.7 Å². The number of carbonyl (C=O) groups excluding carboxylic acids is 1. The Kier molecular flexibility index (Phi) is 4.08. The van der Waals surface area contributed by atoms with Gasteiger partial charge in [-0.25, -0.2) is 4.79 Å². The lowest BCUT2D eigenvalue weighted by molar-refractivity contribution is -0.131. The summed E-state index contributed by atoms with van der Waals surface area (Å²) in [5.41, 5.74) is 1.54. The Balaban J connectivity index is 2.59. The van der Waals surface area contributed by atoms with Gasteiger partial charge in [0, 0.05) is 30.6 Å². The predicted molar refractivity (Wildman–Crippen MR) is 61.4 cm³/mol. The second-order valence-electron chi connectivity index (χ2n) is 2.99. The maximum atomic E-state index is 11.2. The van der Waals surface area contributed by atoms with Crippen molar-refractivity contribution in [3.05, 3.63) is 36.4 Å². The van der Waals surface area contributed by atoms with Crippen LogP contribution in [0, 0.1) is 0 Å². The van der Waals surface area contributed by atoms with E-state index in [9.17, 15) is 9.59 Å². The van der Waals surface area contributed by atoms with Crippen molar-refractivity contribution in [1.82, 2.24) is 0 Å². The van der Waals surface area contributed by atoms with Gasteiger partial charge < -0.3 is 15.7 Å². The molecule has 0 fully saturated rings. The van der Waals surface area contributed by atoms with Crippen LogP contribution >= 0.6 is 0 Å². The van der Waals surface area contributed by atoms with Crippen molar-refractivity contribution in [3.8, 4) is 0 Å². The quantitative estimate of drug-likeness (QED) is 0.668. The molecule has 3 N–H and O–H groups in total. The fraction of sp³-hybridized carbons (Fsp3) is 0.0909. The molecule has 1 amide bonds. The minimum Gasteiger partial charge on any atom is -0.478 e. The Morgan fingerprint density at radius 1 is 1.12 bits per heavy atom. The first-order valence-corrected chi connectivity index (χ1v) is 4.61. The number of carboxylic acid groups (broad SMARTS) is 1. The molecule has 0 bridgehead atoms. The molecular formula is C11H12N2O3. The summed E-state index contributed by atoms with van der Waals surface area (Å²) < 4.78 is 0. The molecular weight excluding hydrogens is 208 g/mol. The number of hydrogen-bond donors (Lipinski definition) is 3. The van der Waals surface area contributed by atoms with E-state index in [2.05, 4.69) is 10.6 Å². The molecule has 0 unspecified atom stereocenters. The SMILES string of the molecule is CNc1ccc(NC(=O)/C=C\C(=O)O)cc1. The zero-order chi connectivity index (χ0) is 12.0. The summed E-state index contributed by atoms with van der Waals surface area (Å²) in [7, 11) is 1.79. The molecule has 0 heterocycles. The highest BCUT2D eigenvalue weighted by Crippen LogP contribution is 2.12. The van der Waals surface area contributed by atoms with Crippen LogP contribution in [0.15, 0.2) is 36.4 Å². The molecule has 0 aliphatic carbocycles. The van der Waals surface area contributed by atoms with E-state index in [4.69, 9.17) is 5.11 Å². The summed E-state index contributed by atoms with van der Waals surface area (Å²) in [4.78, 5) is 21.4. The van der Waals surface area contributed by atoms with E-state index in [1.165, 1.54) is 0 Å². The van der Waals surface area contributed by atoms with Crippen LogP contribution in [0.1, 0.15) is 0 Å². The number of aliphatic carboxylic acids is 1. The maximum Gasteiger partial charge on any atom is 0.328 e. The monoisotopic (exact) mass is 220 g/mol. The van der Waals surface area contributed by atoms with Crippen molar-refractivity contribution >= 4 is 23.3 Å². The number of carboxylic acids is 1. The number of anilines is 2. The van der Waals surface area contributed by atoms with Crippen molar-refractivity contribution in [1.29, 1.82) is 0 Å².